The van der Waals surface area contributed by atoms with Crippen LogP contribution in [0.2, 0.25) is 0 Å². The molecular weight excluding hydrogens is 234 g/mol. The van der Waals surface area contributed by atoms with Gasteiger partial charge in [-0.1, -0.05) is 30.3 Å². The molecule has 3 rings (SSSR count). The van der Waals surface area contributed by atoms with Crippen molar-refractivity contribution in [1.29, 1.82) is 0 Å². The number of aromatic nitrogens is 2. The van der Waals surface area contributed by atoms with Crippen LogP contribution in [0.5, 0.6) is 0 Å². The molecule has 1 aromatic heterocycles. The zero-order valence-electron chi connectivity index (χ0n) is 11.6. The van der Waals surface area contributed by atoms with E-state index in [1.165, 1.54) is 12.0 Å². The molecule has 3 unspecified atom stereocenters. The maximum absolute atomic E-state index is 4.43. The lowest BCUT2D eigenvalue weighted by atomic mass is 10.0. The van der Waals surface area contributed by atoms with Crippen LogP contribution in [0.4, 0.5) is 0 Å². The molecule has 0 saturated heterocycles. The maximum atomic E-state index is 4.43. The van der Waals surface area contributed by atoms with Gasteiger partial charge in [0.25, 0.3) is 0 Å². The fourth-order valence-corrected chi connectivity index (χ4v) is 3.00. The van der Waals surface area contributed by atoms with Gasteiger partial charge in [0.1, 0.15) is 5.82 Å². The van der Waals surface area contributed by atoms with Crippen LogP contribution < -0.4 is 5.32 Å². The quantitative estimate of drug-likeness (QED) is 0.889. The highest BCUT2D eigenvalue weighted by Crippen LogP contribution is 2.49. The van der Waals surface area contributed by atoms with Crippen molar-refractivity contribution in [1.82, 2.24) is 14.9 Å². The molecule has 3 heteroatoms. The minimum Gasteiger partial charge on any atom is -0.338 e. The minimum atomic E-state index is 0.520. The first kappa shape index (κ1) is 12.4. The molecule has 1 saturated carbocycles. The predicted molar refractivity (Wildman–Crippen MR) is 77.0 cm³/mol. The van der Waals surface area contributed by atoms with Crippen LogP contribution in [0.15, 0.2) is 42.7 Å². The normalized spacial score (nSPS) is 23.3. The summed E-state index contributed by atoms with van der Waals surface area (Å²) in [5, 5.41) is 3.48. The van der Waals surface area contributed by atoms with Crippen molar-refractivity contribution in [3.8, 4) is 0 Å². The van der Waals surface area contributed by atoms with Gasteiger partial charge in [0.05, 0.1) is 0 Å². The lowest BCUT2D eigenvalue weighted by molar-refractivity contribution is 0.475. The Labute approximate surface area is 114 Å². The molecule has 2 aromatic rings. The third-order valence-corrected chi connectivity index (χ3v) is 4.28. The van der Waals surface area contributed by atoms with Gasteiger partial charge in [-0.25, -0.2) is 4.98 Å². The summed E-state index contributed by atoms with van der Waals surface area (Å²) >= 11 is 0. The van der Waals surface area contributed by atoms with Gasteiger partial charge in [-0.15, -0.1) is 0 Å². The van der Waals surface area contributed by atoms with Gasteiger partial charge in [0.15, 0.2) is 0 Å². The molecule has 0 radical (unpaired) electrons. The maximum Gasteiger partial charge on any atom is 0.109 e. The van der Waals surface area contributed by atoms with E-state index in [9.17, 15) is 0 Å². The van der Waals surface area contributed by atoms with Crippen molar-refractivity contribution >= 4 is 0 Å². The number of benzene rings is 1. The summed E-state index contributed by atoms with van der Waals surface area (Å²) in [6.45, 7) is 0. The summed E-state index contributed by atoms with van der Waals surface area (Å²) in [5.74, 6) is 2.63. The van der Waals surface area contributed by atoms with Crippen molar-refractivity contribution in [2.45, 2.75) is 24.8 Å². The van der Waals surface area contributed by atoms with Crippen molar-refractivity contribution < 1.29 is 0 Å². The molecule has 1 heterocycles. The van der Waals surface area contributed by atoms with Gasteiger partial charge in [0.2, 0.25) is 0 Å². The smallest absolute Gasteiger partial charge is 0.109 e. The van der Waals surface area contributed by atoms with Crippen LogP contribution in [0.1, 0.15) is 23.7 Å². The Bertz CT molecular complexity index is 532. The Morgan fingerprint density at radius 2 is 2.16 bits per heavy atom. The molecule has 1 aromatic carbocycles. The fraction of sp³-hybridized carbons (Fsp3) is 0.438. The Morgan fingerprint density at radius 3 is 2.79 bits per heavy atom. The summed E-state index contributed by atoms with van der Waals surface area (Å²) in [6.07, 6.45) is 6.20. The molecule has 1 aliphatic rings. The zero-order valence-corrected chi connectivity index (χ0v) is 11.6. The standard InChI is InChI=1S/C16H21N3/c1-17-15(11-16-18-8-9-19(16)2)14-10-13(14)12-6-4-3-5-7-12/h3-9,13-15,17H,10-11H2,1-2H3. The molecule has 3 atom stereocenters. The SMILES string of the molecule is CNC(Cc1nccn1C)C1CC1c1ccccc1. The van der Waals surface area contributed by atoms with Gasteiger partial charge in [-0.2, -0.15) is 0 Å². The number of nitrogens with one attached hydrogen (secondary N) is 1. The van der Waals surface area contributed by atoms with Crippen LogP contribution in [-0.2, 0) is 13.5 Å². The van der Waals surface area contributed by atoms with Crippen molar-refractivity contribution in [2.24, 2.45) is 13.0 Å². The lowest BCUT2D eigenvalue weighted by Crippen LogP contribution is -2.31. The zero-order chi connectivity index (χ0) is 13.2. The average molecular weight is 255 g/mol. The Kier molecular flexibility index (Phi) is 3.38. The number of hydrogen-bond donors (Lipinski definition) is 1. The topological polar surface area (TPSA) is 29.9 Å². The third kappa shape index (κ3) is 2.56. The van der Waals surface area contributed by atoms with E-state index in [0.29, 0.717) is 6.04 Å². The molecule has 0 bridgehead atoms. The Balaban J connectivity index is 1.67. The first-order valence-electron chi connectivity index (χ1n) is 6.98. The lowest BCUT2D eigenvalue weighted by Gasteiger charge is -2.16. The number of nitrogens with zero attached hydrogens (tertiary/aromatic N) is 2. The number of aryl methyl sites for hydroxylation is 1. The number of imidazole rings is 1. The van der Waals surface area contributed by atoms with Gasteiger partial charge >= 0.3 is 0 Å². The summed E-state index contributed by atoms with van der Waals surface area (Å²) in [7, 11) is 4.13. The van der Waals surface area contributed by atoms with Gasteiger partial charge in [0, 0.05) is 31.9 Å². The molecule has 0 amide bonds. The van der Waals surface area contributed by atoms with E-state index in [1.54, 1.807) is 0 Å². The number of rotatable bonds is 5. The summed E-state index contributed by atoms with van der Waals surface area (Å²) < 4.78 is 2.12. The highest BCUT2D eigenvalue weighted by atomic mass is 15.0. The van der Waals surface area contributed by atoms with Gasteiger partial charge in [-0.3, -0.25) is 0 Å². The monoisotopic (exact) mass is 255 g/mol. The van der Waals surface area contributed by atoms with E-state index in [4.69, 9.17) is 0 Å². The molecule has 19 heavy (non-hydrogen) atoms. The van der Waals surface area contributed by atoms with Crippen LogP contribution in [0, 0.1) is 5.92 Å². The molecule has 0 spiro atoms. The summed E-state index contributed by atoms with van der Waals surface area (Å²) in [4.78, 5) is 4.43. The van der Waals surface area contributed by atoms with Gasteiger partial charge in [-0.05, 0) is 30.9 Å². The van der Waals surface area contributed by atoms with Crippen LogP contribution in [-0.4, -0.2) is 22.6 Å². The van der Waals surface area contributed by atoms with E-state index >= 15 is 0 Å². The largest absolute Gasteiger partial charge is 0.338 e. The summed E-state index contributed by atoms with van der Waals surface area (Å²) in [5.41, 5.74) is 1.48. The van der Waals surface area contributed by atoms with E-state index in [2.05, 4.69) is 59.3 Å². The van der Waals surface area contributed by atoms with E-state index < -0.39 is 0 Å². The van der Waals surface area contributed by atoms with Crippen LogP contribution in [0.25, 0.3) is 0 Å². The van der Waals surface area contributed by atoms with Crippen LogP contribution in [0.3, 0.4) is 0 Å². The Hall–Kier alpha value is -1.61. The third-order valence-electron chi connectivity index (χ3n) is 4.28. The van der Waals surface area contributed by atoms with Crippen molar-refractivity contribution in [3.63, 3.8) is 0 Å². The van der Waals surface area contributed by atoms with Crippen molar-refractivity contribution in [3.05, 3.63) is 54.1 Å². The molecule has 1 N–H and O–H groups in total. The second-order valence-electron chi connectivity index (χ2n) is 5.47. The van der Waals surface area contributed by atoms with Crippen molar-refractivity contribution in [2.75, 3.05) is 7.05 Å². The first-order chi connectivity index (χ1) is 9.29. The number of likely N-dealkylation sites (N-methyl/N-ethyl adjacent to an activating group) is 1. The molecule has 1 fully saturated rings. The average Bonchev–Trinajstić information content (AvgIpc) is 3.14. The molecule has 0 aliphatic heterocycles. The first-order valence-corrected chi connectivity index (χ1v) is 6.98. The van der Waals surface area contributed by atoms with Crippen LogP contribution >= 0.6 is 0 Å². The fourth-order valence-electron chi connectivity index (χ4n) is 3.00. The Morgan fingerprint density at radius 1 is 1.37 bits per heavy atom. The predicted octanol–water partition coefficient (Wildman–Crippen LogP) is 2.35. The molecular formula is C16H21N3. The number of hydrogen-bond acceptors (Lipinski definition) is 2. The highest BCUT2D eigenvalue weighted by Gasteiger charge is 2.43. The van der Waals surface area contributed by atoms with E-state index in [-0.39, 0.29) is 0 Å². The highest BCUT2D eigenvalue weighted by molar-refractivity contribution is 5.27. The van der Waals surface area contributed by atoms with Gasteiger partial charge < -0.3 is 9.88 Å². The second-order valence-corrected chi connectivity index (χ2v) is 5.47. The minimum absolute atomic E-state index is 0.520. The summed E-state index contributed by atoms with van der Waals surface area (Å²) in [6, 6.07) is 11.4. The second kappa shape index (κ2) is 5.17. The van der Waals surface area contributed by atoms with E-state index in [1.807, 2.05) is 12.4 Å². The molecule has 100 valence electrons. The van der Waals surface area contributed by atoms with E-state index in [0.717, 1.165) is 24.1 Å². The molecule has 1 aliphatic carbocycles. The molecule has 3 nitrogen and oxygen atoms in total.